The molecule has 2 aliphatic rings. The SMILES string of the molecule is C[C@H](C(=O)NC1CC1)N1CCN(C(=O)c2cc(-c3ccc(Cl)cc3)nc3ccccc23)CC1. The van der Waals surface area contributed by atoms with Gasteiger partial charge in [-0.05, 0) is 44.0 Å². The average Bonchev–Trinajstić information content (AvgIpc) is 3.67. The average molecular weight is 463 g/mol. The van der Waals surface area contributed by atoms with Gasteiger partial charge in [-0.25, -0.2) is 4.98 Å². The third kappa shape index (κ3) is 4.72. The van der Waals surface area contributed by atoms with Crippen LogP contribution in [-0.4, -0.2) is 64.9 Å². The summed E-state index contributed by atoms with van der Waals surface area (Å²) in [5, 5.41) is 4.59. The van der Waals surface area contributed by atoms with Crippen molar-refractivity contribution < 1.29 is 9.59 Å². The maximum atomic E-state index is 13.6. The number of halogens is 1. The van der Waals surface area contributed by atoms with Crippen LogP contribution in [-0.2, 0) is 4.79 Å². The summed E-state index contributed by atoms with van der Waals surface area (Å²) in [5.41, 5.74) is 3.10. The fraction of sp³-hybridized carbons (Fsp3) is 0.346. The molecule has 2 amide bonds. The summed E-state index contributed by atoms with van der Waals surface area (Å²) in [5.74, 6) is 0.0866. The molecule has 1 atom stereocenters. The number of amides is 2. The van der Waals surface area contributed by atoms with Crippen LogP contribution in [0.15, 0.2) is 54.6 Å². The van der Waals surface area contributed by atoms with Crippen molar-refractivity contribution in [3.8, 4) is 11.3 Å². The Morgan fingerprint density at radius 1 is 1.03 bits per heavy atom. The molecule has 7 heteroatoms. The molecule has 3 aromatic rings. The van der Waals surface area contributed by atoms with E-state index in [1.165, 1.54) is 0 Å². The number of piperazine rings is 1. The number of pyridine rings is 1. The number of rotatable bonds is 5. The van der Waals surface area contributed by atoms with E-state index >= 15 is 0 Å². The smallest absolute Gasteiger partial charge is 0.254 e. The summed E-state index contributed by atoms with van der Waals surface area (Å²) >= 11 is 6.05. The van der Waals surface area contributed by atoms with Crippen molar-refractivity contribution in [2.24, 2.45) is 0 Å². The van der Waals surface area contributed by atoms with E-state index in [0.29, 0.717) is 42.8 Å². The van der Waals surface area contributed by atoms with Crippen LogP contribution in [0.1, 0.15) is 30.1 Å². The number of nitrogens with one attached hydrogen (secondary N) is 1. The van der Waals surface area contributed by atoms with E-state index in [0.717, 1.165) is 35.0 Å². The number of carbonyl (C=O) groups is 2. The molecule has 2 heterocycles. The molecule has 1 aliphatic carbocycles. The molecule has 0 bridgehead atoms. The van der Waals surface area contributed by atoms with Crippen molar-refractivity contribution in [2.75, 3.05) is 26.2 Å². The maximum Gasteiger partial charge on any atom is 0.254 e. The number of benzene rings is 2. The van der Waals surface area contributed by atoms with Crippen molar-refractivity contribution in [2.45, 2.75) is 31.8 Å². The lowest BCUT2D eigenvalue weighted by molar-refractivity contribution is -0.126. The van der Waals surface area contributed by atoms with E-state index in [-0.39, 0.29) is 17.9 Å². The van der Waals surface area contributed by atoms with E-state index in [1.54, 1.807) is 0 Å². The van der Waals surface area contributed by atoms with Crippen LogP contribution in [0, 0.1) is 0 Å². The number of hydrogen-bond acceptors (Lipinski definition) is 4. The van der Waals surface area contributed by atoms with Crippen molar-refractivity contribution in [1.29, 1.82) is 0 Å². The maximum absolute atomic E-state index is 13.6. The zero-order chi connectivity index (χ0) is 22.9. The number of carbonyl (C=O) groups excluding carboxylic acids is 2. The molecule has 170 valence electrons. The summed E-state index contributed by atoms with van der Waals surface area (Å²) in [6.45, 7) is 4.49. The molecule has 6 nitrogen and oxygen atoms in total. The fourth-order valence-corrected chi connectivity index (χ4v) is 4.44. The largest absolute Gasteiger partial charge is 0.352 e. The van der Waals surface area contributed by atoms with E-state index in [9.17, 15) is 9.59 Å². The van der Waals surface area contributed by atoms with Crippen LogP contribution in [0.25, 0.3) is 22.2 Å². The van der Waals surface area contributed by atoms with Crippen LogP contribution in [0.2, 0.25) is 5.02 Å². The highest BCUT2D eigenvalue weighted by molar-refractivity contribution is 6.30. The predicted octanol–water partition coefficient (Wildman–Crippen LogP) is 3.98. The van der Waals surface area contributed by atoms with Gasteiger partial charge < -0.3 is 10.2 Å². The highest BCUT2D eigenvalue weighted by atomic mass is 35.5. The van der Waals surface area contributed by atoms with Crippen LogP contribution in [0.5, 0.6) is 0 Å². The summed E-state index contributed by atoms with van der Waals surface area (Å²) in [6.07, 6.45) is 2.16. The van der Waals surface area contributed by atoms with Gasteiger partial charge in [0.15, 0.2) is 0 Å². The monoisotopic (exact) mass is 462 g/mol. The number of fused-ring (bicyclic) bond motifs is 1. The molecule has 0 spiro atoms. The van der Waals surface area contributed by atoms with E-state index in [2.05, 4.69) is 10.2 Å². The quantitative estimate of drug-likeness (QED) is 0.622. The molecule has 0 unspecified atom stereocenters. The first-order chi connectivity index (χ1) is 16.0. The van der Waals surface area contributed by atoms with Crippen molar-refractivity contribution in [3.63, 3.8) is 0 Å². The Labute approximate surface area is 198 Å². The molecular weight excluding hydrogens is 436 g/mol. The Morgan fingerprint density at radius 3 is 2.42 bits per heavy atom. The second-order valence-corrected chi connectivity index (χ2v) is 9.30. The molecule has 1 saturated heterocycles. The fourth-order valence-electron chi connectivity index (χ4n) is 4.32. The zero-order valence-corrected chi connectivity index (χ0v) is 19.4. The second kappa shape index (κ2) is 9.12. The zero-order valence-electron chi connectivity index (χ0n) is 18.6. The molecule has 33 heavy (non-hydrogen) atoms. The Balaban J connectivity index is 1.36. The highest BCUT2D eigenvalue weighted by Gasteiger charge is 2.31. The Bertz CT molecular complexity index is 1180. The first kappa shape index (κ1) is 21.9. The minimum absolute atomic E-state index is 0.00134. The third-order valence-corrected chi connectivity index (χ3v) is 6.79. The van der Waals surface area contributed by atoms with Gasteiger partial charge in [0.25, 0.3) is 5.91 Å². The predicted molar refractivity (Wildman–Crippen MR) is 130 cm³/mol. The van der Waals surface area contributed by atoms with Gasteiger partial charge in [0.1, 0.15) is 0 Å². The van der Waals surface area contributed by atoms with Gasteiger partial charge in [0.05, 0.1) is 22.8 Å². The second-order valence-electron chi connectivity index (χ2n) is 8.87. The van der Waals surface area contributed by atoms with Gasteiger partial charge >= 0.3 is 0 Å². The highest BCUT2D eigenvalue weighted by Crippen LogP contribution is 2.27. The van der Waals surface area contributed by atoms with Gasteiger partial charge in [-0.3, -0.25) is 14.5 Å². The minimum atomic E-state index is -0.180. The number of aromatic nitrogens is 1. The van der Waals surface area contributed by atoms with Gasteiger partial charge in [0.2, 0.25) is 5.91 Å². The molecule has 1 aliphatic heterocycles. The summed E-state index contributed by atoms with van der Waals surface area (Å²) in [6, 6.07) is 17.3. The summed E-state index contributed by atoms with van der Waals surface area (Å²) < 4.78 is 0. The Hall–Kier alpha value is -2.96. The van der Waals surface area contributed by atoms with Gasteiger partial charge in [0, 0.05) is 48.2 Å². The van der Waals surface area contributed by atoms with Gasteiger partial charge in [-0.1, -0.05) is 41.9 Å². The molecule has 2 fully saturated rings. The normalized spacial score (nSPS) is 17.7. The van der Waals surface area contributed by atoms with Crippen LogP contribution < -0.4 is 5.32 Å². The molecular formula is C26H27ClN4O2. The molecule has 1 N–H and O–H groups in total. The van der Waals surface area contributed by atoms with Crippen LogP contribution >= 0.6 is 11.6 Å². The third-order valence-electron chi connectivity index (χ3n) is 6.54. The first-order valence-corrected chi connectivity index (χ1v) is 11.9. The van der Waals surface area contributed by atoms with Gasteiger partial charge in [-0.2, -0.15) is 0 Å². The number of para-hydroxylation sites is 1. The van der Waals surface area contributed by atoms with Crippen molar-refractivity contribution in [1.82, 2.24) is 20.1 Å². The van der Waals surface area contributed by atoms with Crippen LogP contribution in [0.4, 0.5) is 0 Å². The van der Waals surface area contributed by atoms with Crippen molar-refractivity contribution in [3.05, 3.63) is 65.2 Å². The Morgan fingerprint density at radius 2 is 1.73 bits per heavy atom. The summed E-state index contributed by atoms with van der Waals surface area (Å²) in [4.78, 5) is 34.8. The first-order valence-electron chi connectivity index (χ1n) is 11.5. The van der Waals surface area contributed by atoms with E-state index < -0.39 is 0 Å². The lowest BCUT2D eigenvalue weighted by atomic mass is 10.0. The number of hydrogen-bond donors (Lipinski definition) is 1. The van der Waals surface area contributed by atoms with Crippen molar-refractivity contribution >= 4 is 34.3 Å². The van der Waals surface area contributed by atoms with Gasteiger partial charge in [-0.15, -0.1) is 0 Å². The number of nitrogens with zero attached hydrogens (tertiary/aromatic N) is 3. The lowest BCUT2D eigenvalue weighted by Crippen LogP contribution is -2.55. The molecule has 1 saturated carbocycles. The van der Waals surface area contributed by atoms with Crippen LogP contribution in [0.3, 0.4) is 0 Å². The molecule has 1 aromatic heterocycles. The summed E-state index contributed by atoms with van der Waals surface area (Å²) in [7, 11) is 0. The van der Waals surface area contributed by atoms with E-state index in [4.69, 9.17) is 16.6 Å². The molecule has 5 rings (SSSR count). The molecule has 0 radical (unpaired) electrons. The topological polar surface area (TPSA) is 65.5 Å². The molecule has 2 aromatic carbocycles. The standard InChI is InChI=1S/C26H27ClN4O2/c1-17(25(32)28-20-10-11-20)30-12-14-31(15-13-30)26(33)22-16-24(18-6-8-19(27)9-7-18)29-23-5-3-2-4-21(22)23/h2-9,16-17,20H,10-15H2,1H3,(H,28,32)/t17-/m1/s1. The Kier molecular flexibility index (Phi) is 6.04. The van der Waals surface area contributed by atoms with E-state index in [1.807, 2.05) is 66.4 Å². The minimum Gasteiger partial charge on any atom is -0.352 e. The lowest BCUT2D eigenvalue weighted by Gasteiger charge is -2.37.